The second kappa shape index (κ2) is 12.8. The van der Waals surface area contributed by atoms with Crippen molar-refractivity contribution < 1.29 is 8.83 Å². The first-order chi connectivity index (χ1) is 31.2. The Morgan fingerprint density at radius 1 is 0.317 bits per heavy atom. The van der Waals surface area contributed by atoms with Gasteiger partial charge in [0.2, 0.25) is 0 Å². The lowest BCUT2D eigenvalue weighted by Gasteiger charge is -2.35. The Labute approximate surface area is 361 Å². The van der Waals surface area contributed by atoms with E-state index in [1.807, 2.05) is 54.6 Å². The zero-order valence-electron chi connectivity index (χ0n) is 33.7. The standard InChI is InChI=1S/C58H33N3O2/c1-2-15-34(16-3-1)55-59-56(61-57(60-55)44-23-14-28-51-52(44)43-22-9-13-27-50(43)62-51)35-29-30-39-37-18-5-4-17-36(37)38-19-6-10-24-45(38)58(48(39)33-35)46-25-11-7-21-42(46)53-47(58)32-31-41-40-20-8-12-26-49(40)63-54(41)53/h1-33H. The molecule has 0 radical (unpaired) electrons. The molecule has 1 unspecified atom stereocenters. The molecule has 9 aromatic carbocycles. The highest BCUT2D eigenvalue weighted by molar-refractivity contribution is 6.14. The summed E-state index contributed by atoms with van der Waals surface area (Å²) < 4.78 is 13.2. The van der Waals surface area contributed by atoms with E-state index in [9.17, 15) is 0 Å². The molecule has 12 aromatic rings. The lowest BCUT2D eigenvalue weighted by atomic mass is 9.65. The van der Waals surface area contributed by atoms with Gasteiger partial charge in [-0.05, 0) is 74.3 Å². The maximum Gasteiger partial charge on any atom is 0.164 e. The largest absolute Gasteiger partial charge is 0.456 e. The summed E-state index contributed by atoms with van der Waals surface area (Å²) in [5.74, 6) is 1.77. The van der Waals surface area contributed by atoms with Gasteiger partial charge in [-0.3, -0.25) is 0 Å². The molecule has 0 bridgehead atoms. The van der Waals surface area contributed by atoms with Crippen LogP contribution in [0, 0.1) is 0 Å². The molecular weight excluding hydrogens is 771 g/mol. The number of benzene rings is 9. The van der Waals surface area contributed by atoms with Crippen molar-refractivity contribution in [3.8, 4) is 67.5 Å². The van der Waals surface area contributed by atoms with Crippen LogP contribution < -0.4 is 0 Å². The van der Waals surface area contributed by atoms with Gasteiger partial charge in [0, 0.05) is 43.8 Å². The molecule has 0 amide bonds. The van der Waals surface area contributed by atoms with Crippen molar-refractivity contribution in [2.75, 3.05) is 0 Å². The SMILES string of the molecule is c1ccc(-c2nc(-c3ccc4c(c3)C3(c5ccccc5-c5ccccc5-4)c4ccccc4-c4c3ccc3c4oc4ccccc43)nc(-c3cccc4oc5ccccc5c34)n2)cc1. The number of furan rings is 2. The van der Waals surface area contributed by atoms with E-state index in [0.29, 0.717) is 17.5 Å². The van der Waals surface area contributed by atoms with E-state index in [-0.39, 0.29) is 0 Å². The molecule has 2 aliphatic rings. The van der Waals surface area contributed by atoms with Gasteiger partial charge in [0.05, 0.1) is 5.41 Å². The Hall–Kier alpha value is -8.41. The third-order valence-electron chi connectivity index (χ3n) is 13.4. The predicted octanol–water partition coefficient (Wildman–Crippen LogP) is 14.7. The third kappa shape index (κ3) is 4.68. The molecule has 0 fully saturated rings. The minimum absolute atomic E-state index is 0.584. The average molecular weight is 804 g/mol. The van der Waals surface area contributed by atoms with Gasteiger partial charge in [0.25, 0.3) is 0 Å². The smallest absolute Gasteiger partial charge is 0.164 e. The molecule has 63 heavy (non-hydrogen) atoms. The maximum atomic E-state index is 6.88. The topological polar surface area (TPSA) is 65.0 Å². The summed E-state index contributed by atoms with van der Waals surface area (Å²) in [6, 6.07) is 70.9. The summed E-state index contributed by atoms with van der Waals surface area (Å²) in [5, 5.41) is 4.23. The lowest BCUT2D eigenvalue weighted by Crippen LogP contribution is -2.29. The predicted molar refractivity (Wildman–Crippen MR) is 252 cm³/mol. The zero-order chi connectivity index (χ0) is 41.2. The number of rotatable bonds is 3. The molecule has 1 spiro atoms. The fraction of sp³-hybridized carbons (Fsp3) is 0.0172. The van der Waals surface area contributed by atoms with Crippen molar-refractivity contribution in [1.82, 2.24) is 15.0 Å². The molecule has 1 atom stereocenters. The van der Waals surface area contributed by atoms with Crippen LogP contribution in [-0.2, 0) is 5.41 Å². The molecule has 0 saturated heterocycles. The van der Waals surface area contributed by atoms with E-state index in [1.165, 1.54) is 38.9 Å². The van der Waals surface area contributed by atoms with Crippen molar-refractivity contribution in [2.24, 2.45) is 0 Å². The van der Waals surface area contributed by atoms with Crippen LogP contribution in [0.2, 0.25) is 0 Å². The highest BCUT2D eigenvalue weighted by Gasteiger charge is 2.51. The van der Waals surface area contributed by atoms with Crippen LogP contribution in [0.3, 0.4) is 0 Å². The van der Waals surface area contributed by atoms with Gasteiger partial charge in [-0.25, -0.2) is 15.0 Å². The Morgan fingerprint density at radius 2 is 0.889 bits per heavy atom. The molecule has 0 aliphatic heterocycles. The summed E-state index contributed by atoms with van der Waals surface area (Å²) in [6.07, 6.45) is 0. The molecule has 5 nitrogen and oxygen atoms in total. The van der Waals surface area contributed by atoms with Crippen molar-refractivity contribution in [1.29, 1.82) is 0 Å². The summed E-state index contributed by atoms with van der Waals surface area (Å²) in [4.78, 5) is 15.9. The molecule has 3 aromatic heterocycles. The fourth-order valence-electron chi connectivity index (χ4n) is 10.8. The maximum absolute atomic E-state index is 6.88. The summed E-state index contributed by atoms with van der Waals surface area (Å²) in [7, 11) is 0. The minimum atomic E-state index is -0.737. The van der Waals surface area contributed by atoms with Gasteiger partial charge < -0.3 is 8.83 Å². The van der Waals surface area contributed by atoms with Gasteiger partial charge in [-0.2, -0.15) is 0 Å². The fourth-order valence-corrected chi connectivity index (χ4v) is 10.8. The first-order valence-corrected chi connectivity index (χ1v) is 21.3. The number of hydrogen-bond acceptors (Lipinski definition) is 5. The number of hydrogen-bond donors (Lipinski definition) is 0. The van der Waals surface area contributed by atoms with Crippen LogP contribution in [0.5, 0.6) is 0 Å². The van der Waals surface area contributed by atoms with Gasteiger partial charge in [0.1, 0.15) is 22.3 Å². The van der Waals surface area contributed by atoms with E-state index in [1.54, 1.807) is 0 Å². The second-order valence-corrected chi connectivity index (χ2v) is 16.6. The monoisotopic (exact) mass is 803 g/mol. The van der Waals surface area contributed by atoms with Gasteiger partial charge in [-0.1, -0.05) is 176 Å². The quantitative estimate of drug-likeness (QED) is 0.178. The van der Waals surface area contributed by atoms with Crippen molar-refractivity contribution >= 4 is 43.9 Å². The van der Waals surface area contributed by atoms with Crippen molar-refractivity contribution in [2.45, 2.75) is 5.41 Å². The molecule has 2 aliphatic carbocycles. The highest BCUT2D eigenvalue weighted by atomic mass is 16.3. The highest BCUT2D eigenvalue weighted by Crippen LogP contribution is 2.63. The Bertz CT molecular complexity index is 3880. The number of nitrogens with zero attached hydrogens (tertiary/aromatic N) is 3. The van der Waals surface area contributed by atoms with E-state index in [0.717, 1.165) is 77.3 Å². The van der Waals surface area contributed by atoms with Crippen molar-refractivity contribution in [3.63, 3.8) is 0 Å². The Kier molecular flexibility index (Phi) is 6.97. The van der Waals surface area contributed by atoms with Crippen LogP contribution in [-0.4, -0.2) is 15.0 Å². The number of para-hydroxylation sites is 2. The number of aromatic nitrogens is 3. The van der Waals surface area contributed by atoms with Crippen LogP contribution in [0.25, 0.3) is 111 Å². The van der Waals surface area contributed by atoms with Gasteiger partial charge in [-0.15, -0.1) is 0 Å². The summed E-state index contributed by atoms with van der Waals surface area (Å²) in [5.41, 5.74) is 17.2. The molecule has 0 saturated carbocycles. The normalized spacial score (nSPS) is 14.7. The van der Waals surface area contributed by atoms with E-state index < -0.39 is 5.41 Å². The third-order valence-corrected chi connectivity index (χ3v) is 13.4. The Balaban J connectivity index is 1.10. The zero-order valence-corrected chi connectivity index (χ0v) is 33.7. The lowest BCUT2D eigenvalue weighted by molar-refractivity contribution is 0.668. The van der Waals surface area contributed by atoms with Crippen LogP contribution in [0.15, 0.2) is 209 Å². The Morgan fingerprint density at radius 3 is 1.68 bits per heavy atom. The summed E-state index contributed by atoms with van der Waals surface area (Å²) in [6.45, 7) is 0. The van der Waals surface area contributed by atoms with Gasteiger partial charge in [0.15, 0.2) is 17.5 Å². The van der Waals surface area contributed by atoms with E-state index >= 15 is 0 Å². The molecule has 3 heterocycles. The molecule has 5 heteroatoms. The molecular formula is C58H33N3O2. The van der Waals surface area contributed by atoms with Crippen LogP contribution >= 0.6 is 0 Å². The second-order valence-electron chi connectivity index (χ2n) is 16.6. The molecule has 292 valence electrons. The summed E-state index contributed by atoms with van der Waals surface area (Å²) >= 11 is 0. The first kappa shape index (κ1) is 34.3. The van der Waals surface area contributed by atoms with Crippen molar-refractivity contribution in [3.05, 3.63) is 222 Å². The van der Waals surface area contributed by atoms with Gasteiger partial charge >= 0.3 is 0 Å². The van der Waals surface area contributed by atoms with E-state index in [2.05, 4.69) is 146 Å². The number of fused-ring (bicyclic) bond motifs is 19. The van der Waals surface area contributed by atoms with Crippen LogP contribution in [0.1, 0.15) is 22.3 Å². The van der Waals surface area contributed by atoms with Crippen LogP contribution in [0.4, 0.5) is 0 Å². The molecule has 0 N–H and O–H groups in total. The first-order valence-electron chi connectivity index (χ1n) is 21.3. The average Bonchev–Trinajstić information content (AvgIpc) is 4.00. The minimum Gasteiger partial charge on any atom is -0.456 e. The molecule has 14 rings (SSSR count). The van der Waals surface area contributed by atoms with E-state index in [4.69, 9.17) is 23.8 Å².